The zero-order valence-corrected chi connectivity index (χ0v) is 16.6. The number of fused-ring (bicyclic) bond motifs is 1. The first kappa shape index (κ1) is 18.8. The lowest BCUT2D eigenvalue weighted by Crippen LogP contribution is -2.05. The Hall–Kier alpha value is -4.17. The first-order chi connectivity index (χ1) is 15.1. The number of benzene rings is 2. The standard InChI is InChI=1S/C22H13ClN6O2/c23-16-4-1-13(2-5-16)20-27-21(14-3-6-17-18(11-14)25-10-9-24-17)29(28-20)19-12-15(22(30)31)7-8-26-19/h1-12H,(H,30,31). The lowest BCUT2D eigenvalue weighted by Gasteiger charge is -2.06. The minimum atomic E-state index is -1.05. The molecular formula is C22H13ClN6O2. The van der Waals surface area contributed by atoms with E-state index < -0.39 is 5.97 Å². The van der Waals surface area contributed by atoms with Crippen LogP contribution in [0.4, 0.5) is 0 Å². The molecule has 0 amide bonds. The third-order valence-corrected chi connectivity index (χ3v) is 4.90. The van der Waals surface area contributed by atoms with Gasteiger partial charge in [-0.15, -0.1) is 5.10 Å². The molecule has 0 bridgehead atoms. The van der Waals surface area contributed by atoms with Crippen LogP contribution in [0, 0.1) is 0 Å². The molecule has 0 fully saturated rings. The molecule has 0 aliphatic heterocycles. The Labute approximate surface area is 180 Å². The highest BCUT2D eigenvalue weighted by atomic mass is 35.5. The minimum Gasteiger partial charge on any atom is -0.478 e. The summed E-state index contributed by atoms with van der Waals surface area (Å²) >= 11 is 6.01. The molecule has 0 aliphatic carbocycles. The van der Waals surface area contributed by atoms with Gasteiger partial charge in [0.15, 0.2) is 17.5 Å². The van der Waals surface area contributed by atoms with Gasteiger partial charge in [-0.3, -0.25) is 9.97 Å². The van der Waals surface area contributed by atoms with Crippen molar-refractivity contribution in [3.63, 3.8) is 0 Å². The Balaban J connectivity index is 1.72. The lowest BCUT2D eigenvalue weighted by atomic mass is 10.1. The average Bonchev–Trinajstić information content (AvgIpc) is 3.25. The van der Waals surface area contributed by atoms with Gasteiger partial charge in [0.2, 0.25) is 0 Å². The fraction of sp³-hybridized carbons (Fsp3) is 0. The van der Waals surface area contributed by atoms with Gasteiger partial charge in [0, 0.05) is 34.7 Å². The van der Waals surface area contributed by atoms with Gasteiger partial charge in [-0.1, -0.05) is 11.6 Å². The third-order valence-electron chi connectivity index (χ3n) is 4.65. The average molecular weight is 429 g/mol. The van der Waals surface area contributed by atoms with Crippen LogP contribution in [-0.2, 0) is 0 Å². The number of pyridine rings is 1. The topological polar surface area (TPSA) is 107 Å². The highest BCUT2D eigenvalue weighted by Gasteiger charge is 2.18. The molecule has 0 spiro atoms. The van der Waals surface area contributed by atoms with E-state index in [1.165, 1.54) is 23.0 Å². The van der Waals surface area contributed by atoms with Crippen molar-refractivity contribution in [2.45, 2.75) is 0 Å². The summed E-state index contributed by atoms with van der Waals surface area (Å²) in [6.45, 7) is 0. The van der Waals surface area contributed by atoms with Crippen molar-refractivity contribution in [1.29, 1.82) is 0 Å². The van der Waals surface area contributed by atoms with Crippen LogP contribution in [0.1, 0.15) is 10.4 Å². The number of aromatic carboxylic acids is 1. The fourth-order valence-corrected chi connectivity index (χ4v) is 3.28. The van der Waals surface area contributed by atoms with Crippen LogP contribution in [0.15, 0.2) is 73.2 Å². The molecular weight excluding hydrogens is 416 g/mol. The molecule has 3 heterocycles. The summed E-state index contributed by atoms with van der Waals surface area (Å²) in [7, 11) is 0. The van der Waals surface area contributed by atoms with Gasteiger partial charge in [0.1, 0.15) is 0 Å². The van der Waals surface area contributed by atoms with E-state index in [0.717, 1.165) is 16.6 Å². The molecule has 8 nitrogen and oxygen atoms in total. The molecule has 5 rings (SSSR count). The second kappa shape index (κ2) is 7.58. The molecule has 5 aromatic rings. The van der Waals surface area contributed by atoms with Gasteiger partial charge in [-0.25, -0.2) is 14.8 Å². The maximum absolute atomic E-state index is 11.4. The fourth-order valence-electron chi connectivity index (χ4n) is 3.15. The van der Waals surface area contributed by atoms with Crippen LogP contribution in [0.2, 0.25) is 5.02 Å². The Kier molecular flexibility index (Phi) is 4.61. The van der Waals surface area contributed by atoms with E-state index in [0.29, 0.717) is 28.0 Å². The normalized spacial score (nSPS) is 11.0. The Morgan fingerprint density at radius 3 is 2.35 bits per heavy atom. The van der Waals surface area contributed by atoms with Gasteiger partial charge in [-0.2, -0.15) is 4.68 Å². The summed E-state index contributed by atoms with van der Waals surface area (Å²) in [6, 6.07) is 15.6. The molecule has 0 atom stereocenters. The number of aromatic nitrogens is 6. The predicted octanol–water partition coefficient (Wildman–Crippen LogP) is 4.29. The van der Waals surface area contributed by atoms with Crippen LogP contribution in [-0.4, -0.2) is 40.8 Å². The van der Waals surface area contributed by atoms with E-state index in [-0.39, 0.29) is 5.56 Å². The molecule has 0 unspecified atom stereocenters. The molecule has 0 radical (unpaired) electrons. The van der Waals surface area contributed by atoms with Crippen molar-refractivity contribution in [3.8, 4) is 28.6 Å². The predicted molar refractivity (Wildman–Crippen MR) is 115 cm³/mol. The molecule has 0 saturated carbocycles. The Morgan fingerprint density at radius 2 is 1.58 bits per heavy atom. The van der Waals surface area contributed by atoms with Crippen LogP contribution >= 0.6 is 11.6 Å². The largest absolute Gasteiger partial charge is 0.478 e. The van der Waals surface area contributed by atoms with E-state index in [9.17, 15) is 9.90 Å². The summed E-state index contributed by atoms with van der Waals surface area (Å²) in [5.41, 5.74) is 3.06. The van der Waals surface area contributed by atoms with E-state index in [4.69, 9.17) is 16.6 Å². The Morgan fingerprint density at radius 1 is 0.839 bits per heavy atom. The maximum atomic E-state index is 11.4. The molecule has 9 heteroatoms. The quantitative estimate of drug-likeness (QED) is 0.455. The molecule has 2 aromatic carbocycles. The summed E-state index contributed by atoms with van der Waals surface area (Å²) in [5, 5.41) is 14.6. The SMILES string of the molecule is O=C(O)c1ccnc(-n2nc(-c3ccc(Cl)cc3)nc2-c2ccc3nccnc3c2)c1. The maximum Gasteiger partial charge on any atom is 0.335 e. The van der Waals surface area contributed by atoms with Crippen LogP contribution in [0.25, 0.3) is 39.6 Å². The molecule has 0 aliphatic rings. The Bertz CT molecular complexity index is 1430. The minimum absolute atomic E-state index is 0.101. The molecule has 31 heavy (non-hydrogen) atoms. The molecule has 1 N–H and O–H groups in total. The summed E-state index contributed by atoms with van der Waals surface area (Å²) < 4.78 is 1.52. The van der Waals surface area contributed by atoms with E-state index in [2.05, 4.69) is 20.1 Å². The molecule has 3 aromatic heterocycles. The number of hydrogen-bond donors (Lipinski definition) is 1. The molecule has 150 valence electrons. The van der Waals surface area contributed by atoms with Crippen molar-refractivity contribution in [2.24, 2.45) is 0 Å². The number of hydrogen-bond acceptors (Lipinski definition) is 6. The first-order valence-corrected chi connectivity index (χ1v) is 9.60. The van der Waals surface area contributed by atoms with E-state index in [1.807, 2.05) is 30.3 Å². The van der Waals surface area contributed by atoms with Crippen molar-refractivity contribution in [1.82, 2.24) is 29.7 Å². The second-order valence-corrected chi connectivity index (χ2v) is 7.08. The van der Waals surface area contributed by atoms with E-state index in [1.54, 1.807) is 24.5 Å². The number of halogens is 1. The highest BCUT2D eigenvalue weighted by Crippen LogP contribution is 2.27. The van der Waals surface area contributed by atoms with Crippen molar-refractivity contribution < 1.29 is 9.90 Å². The van der Waals surface area contributed by atoms with Crippen LogP contribution in [0.3, 0.4) is 0 Å². The van der Waals surface area contributed by atoms with Gasteiger partial charge in [-0.05, 0) is 54.6 Å². The zero-order chi connectivity index (χ0) is 21.4. The first-order valence-electron chi connectivity index (χ1n) is 9.22. The number of rotatable bonds is 4. The van der Waals surface area contributed by atoms with Crippen molar-refractivity contribution >= 4 is 28.6 Å². The monoisotopic (exact) mass is 428 g/mol. The smallest absolute Gasteiger partial charge is 0.335 e. The second-order valence-electron chi connectivity index (χ2n) is 6.65. The van der Waals surface area contributed by atoms with Gasteiger partial charge in [0.25, 0.3) is 0 Å². The zero-order valence-electron chi connectivity index (χ0n) is 15.8. The number of carboxylic acid groups (broad SMARTS) is 1. The van der Waals surface area contributed by atoms with Crippen LogP contribution in [0.5, 0.6) is 0 Å². The van der Waals surface area contributed by atoms with Gasteiger partial charge in [0.05, 0.1) is 16.6 Å². The van der Waals surface area contributed by atoms with Gasteiger partial charge < -0.3 is 5.11 Å². The van der Waals surface area contributed by atoms with Crippen LogP contribution < -0.4 is 0 Å². The lowest BCUT2D eigenvalue weighted by molar-refractivity contribution is 0.0696. The van der Waals surface area contributed by atoms with Crippen molar-refractivity contribution in [2.75, 3.05) is 0 Å². The van der Waals surface area contributed by atoms with Gasteiger partial charge >= 0.3 is 5.97 Å². The number of carbonyl (C=O) groups is 1. The summed E-state index contributed by atoms with van der Waals surface area (Å²) in [5.74, 6) is 0.229. The highest BCUT2D eigenvalue weighted by molar-refractivity contribution is 6.30. The molecule has 0 saturated heterocycles. The number of nitrogens with zero attached hydrogens (tertiary/aromatic N) is 6. The van der Waals surface area contributed by atoms with Crippen molar-refractivity contribution in [3.05, 3.63) is 83.8 Å². The third kappa shape index (κ3) is 3.60. The van der Waals surface area contributed by atoms with E-state index >= 15 is 0 Å². The summed E-state index contributed by atoms with van der Waals surface area (Å²) in [6.07, 6.45) is 4.68. The number of carboxylic acids is 1. The summed E-state index contributed by atoms with van der Waals surface area (Å²) in [4.78, 5) is 29.1.